The summed E-state index contributed by atoms with van der Waals surface area (Å²) in [4.78, 5) is 23.2. The Hall–Kier alpha value is -2.87. The van der Waals surface area contributed by atoms with Crippen molar-refractivity contribution in [2.75, 3.05) is 23.7 Å². The lowest BCUT2D eigenvalue weighted by Crippen LogP contribution is -2.27. The number of nitrogens with one attached hydrogen (secondary N) is 1. The fourth-order valence-electron chi connectivity index (χ4n) is 3.09. The molecule has 0 aromatic heterocycles. The number of aromatic carboxylic acids is 1. The van der Waals surface area contributed by atoms with Gasteiger partial charge in [-0.15, -0.1) is 0 Å². The number of carbonyl (C=O) groups is 2. The number of benzene rings is 2. The van der Waals surface area contributed by atoms with Gasteiger partial charge in [0.1, 0.15) is 0 Å². The van der Waals surface area contributed by atoms with Gasteiger partial charge in [-0.1, -0.05) is 12.1 Å². The zero-order valence-electron chi connectivity index (χ0n) is 14.8. The number of sulfonamides is 1. The molecule has 1 aliphatic heterocycles. The minimum absolute atomic E-state index is 0.224. The summed E-state index contributed by atoms with van der Waals surface area (Å²) in [5.41, 5.74) is 3.12. The van der Waals surface area contributed by atoms with Crippen molar-refractivity contribution in [1.29, 1.82) is 0 Å². The molecule has 0 fully saturated rings. The number of hydrogen-bond acceptors (Lipinski definition) is 4. The van der Waals surface area contributed by atoms with Crippen LogP contribution in [0.3, 0.4) is 0 Å². The van der Waals surface area contributed by atoms with Crippen LogP contribution in [0.2, 0.25) is 0 Å². The molecule has 3 rings (SSSR count). The summed E-state index contributed by atoms with van der Waals surface area (Å²) in [7, 11) is -3.31. The third-order valence-electron chi connectivity index (χ3n) is 4.50. The van der Waals surface area contributed by atoms with E-state index in [1.807, 2.05) is 0 Å². The average molecular weight is 388 g/mol. The van der Waals surface area contributed by atoms with Crippen LogP contribution in [0.5, 0.6) is 0 Å². The van der Waals surface area contributed by atoms with E-state index in [0.29, 0.717) is 37.2 Å². The standard InChI is InChI=1S/C19H20N2O5S/c1-27(25,26)21-11-9-15-12-16(6-7-17(15)21)18(22)20-10-8-13-2-4-14(5-3-13)19(23)24/h2-7,12H,8-11H2,1H3,(H,20,22)(H,23,24). The minimum Gasteiger partial charge on any atom is -0.478 e. The predicted octanol–water partition coefficient (Wildman–Crippen LogP) is 1.68. The molecule has 1 heterocycles. The third-order valence-corrected chi connectivity index (χ3v) is 5.67. The van der Waals surface area contributed by atoms with Crippen LogP contribution in [0.15, 0.2) is 42.5 Å². The van der Waals surface area contributed by atoms with Crippen molar-refractivity contribution < 1.29 is 23.1 Å². The van der Waals surface area contributed by atoms with Crippen molar-refractivity contribution in [3.05, 3.63) is 64.7 Å². The van der Waals surface area contributed by atoms with Crippen LogP contribution in [0, 0.1) is 0 Å². The number of fused-ring (bicyclic) bond motifs is 1. The van der Waals surface area contributed by atoms with E-state index < -0.39 is 16.0 Å². The number of hydrogen-bond donors (Lipinski definition) is 2. The topological polar surface area (TPSA) is 104 Å². The second-order valence-corrected chi connectivity index (χ2v) is 8.34. The summed E-state index contributed by atoms with van der Waals surface area (Å²) < 4.78 is 24.9. The van der Waals surface area contributed by atoms with Crippen LogP contribution >= 0.6 is 0 Å². The summed E-state index contributed by atoms with van der Waals surface area (Å²) in [6.07, 6.45) is 2.34. The Bertz CT molecular complexity index is 984. The van der Waals surface area contributed by atoms with Crippen LogP contribution in [0.25, 0.3) is 0 Å². The second-order valence-electron chi connectivity index (χ2n) is 6.44. The van der Waals surface area contributed by atoms with E-state index in [1.165, 1.54) is 22.7 Å². The lowest BCUT2D eigenvalue weighted by molar-refractivity contribution is 0.0696. The Balaban J connectivity index is 1.60. The molecule has 0 saturated heterocycles. The quantitative estimate of drug-likeness (QED) is 0.784. The van der Waals surface area contributed by atoms with Crippen molar-refractivity contribution in [2.45, 2.75) is 12.8 Å². The molecule has 27 heavy (non-hydrogen) atoms. The van der Waals surface area contributed by atoms with Crippen LogP contribution in [-0.4, -0.2) is 44.7 Å². The van der Waals surface area contributed by atoms with Crippen LogP contribution < -0.4 is 9.62 Å². The Morgan fingerprint density at radius 3 is 2.41 bits per heavy atom. The molecule has 142 valence electrons. The molecule has 1 amide bonds. The molecular formula is C19H20N2O5S. The molecular weight excluding hydrogens is 368 g/mol. The number of carboxylic acid groups (broad SMARTS) is 1. The SMILES string of the molecule is CS(=O)(=O)N1CCc2cc(C(=O)NCCc3ccc(C(=O)O)cc3)ccc21. The van der Waals surface area contributed by atoms with E-state index in [4.69, 9.17) is 5.11 Å². The van der Waals surface area contributed by atoms with Gasteiger partial charge in [-0.05, 0) is 54.3 Å². The van der Waals surface area contributed by atoms with E-state index in [0.717, 1.165) is 11.1 Å². The van der Waals surface area contributed by atoms with Crippen molar-refractivity contribution in [1.82, 2.24) is 5.32 Å². The lowest BCUT2D eigenvalue weighted by atomic mass is 10.1. The number of rotatable bonds is 6. The first-order valence-electron chi connectivity index (χ1n) is 8.47. The summed E-state index contributed by atoms with van der Waals surface area (Å²) in [5.74, 6) is -1.20. The fourth-order valence-corrected chi connectivity index (χ4v) is 4.05. The number of nitrogens with zero attached hydrogens (tertiary/aromatic N) is 1. The van der Waals surface area contributed by atoms with Crippen molar-refractivity contribution >= 4 is 27.6 Å². The molecule has 1 aliphatic rings. The number of carbonyl (C=O) groups excluding carboxylic acids is 1. The monoisotopic (exact) mass is 388 g/mol. The van der Waals surface area contributed by atoms with Gasteiger partial charge in [-0.25, -0.2) is 13.2 Å². The summed E-state index contributed by atoms with van der Waals surface area (Å²) in [5, 5.41) is 11.7. The molecule has 0 spiro atoms. The summed E-state index contributed by atoms with van der Waals surface area (Å²) in [6, 6.07) is 11.6. The molecule has 7 nitrogen and oxygen atoms in total. The number of anilines is 1. The Morgan fingerprint density at radius 1 is 1.11 bits per heavy atom. The Morgan fingerprint density at radius 2 is 1.78 bits per heavy atom. The van der Waals surface area contributed by atoms with E-state index in [1.54, 1.807) is 30.3 Å². The molecule has 8 heteroatoms. The summed E-state index contributed by atoms with van der Waals surface area (Å²) >= 11 is 0. The molecule has 0 saturated carbocycles. The van der Waals surface area contributed by atoms with Crippen LogP contribution in [0.1, 0.15) is 31.8 Å². The summed E-state index contributed by atoms with van der Waals surface area (Å²) in [6.45, 7) is 0.809. The first kappa shape index (κ1) is 18.9. The maximum atomic E-state index is 12.3. The fraction of sp³-hybridized carbons (Fsp3) is 0.263. The second kappa shape index (κ2) is 7.40. The highest BCUT2D eigenvalue weighted by atomic mass is 32.2. The van der Waals surface area contributed by atoms with Gasteiger partial charge in [0.15, 0.2) is 0 Å². The molecule has 0 aliphatic carbocycles. The normalized spacial score (nSPS) is 13.3. The van der Waals surface area contributed by atoms with Gasteiger partial charge in [0.2, 0.25) is 10.0 Å². The van der Waals surface area contributed by atoms with Crippen LogP contribution in [0.4, 0.5) is 5.69 Å². The molecule has 2 N–H and O–H groups in total. The van der Waals surface area contributed by atoms with Gasteiger partial charge in [0, 0.05) is 18.7 Å². The highest BCUT2D eigenvalue weighted by Crippen LogP contribution is 2.30. The number of carboxylic acids is 1. The number of amides is 1. The van der Waals surface area contributed by atoms with Gasteiger partial charge in [0.25, 0.3) is 5.91 Å². The van der Waals surface area contributed by atoms with E-state index in [-0.39, 0.29) is 11.5 Å². The largest absolute Gasteiger partial charge is 0.478 e. The average Bonchev–Trinajstić information content (AvgIpc) is 3.05. The molecule has 2 aromatic rings. The van der Waals surface area contributed by atoms with Crippen molar-refractivity contribution in [3.63, 3.8) is 0 Å². The lowest BCUT2D eigenvalue weighted by Gasteiger charge is -2.16. The van der Waals surface area contributed by atoms with E-state index >= 15 is 0 Å². The van der Waals surface area contributed by atoms with Gasteiger partial charge < -0.3 is 10.4 Å². The highest BCUT2D eigenvalue weighted by Gasteiger charge is 2.26. The van der Waals surface area contributed by atoms with Gasteiger partial charge in [-0.3, -0.25) is 9.10 Å². The van der Waals surface area contributed by atoms with Gasteiger partial charge >= 0.3 is 5.97 Å². The molecule has 0 radical (unpaired) electrons. The van der Waals surface area contributed by atoms with Crippen molar-refractivity contribution in [3.8, 4) is 0 Å². The molecule has 2 aromatic carbocycles. The Kier molecular flexibility index (Phi) is 5.18. The zero-order chi connectivity index (χ0) is 19.6. The third kappa shape index (κ3) is 4.28. The minimum atomic E-state index is -3.31. The van der Waals surface area contributed by atoms with Crippen molar-refractivity contribution in [2.24, 2.45) is 0 Å². The smallest absolute Gasteiger partial charge is 0.335 e. The maximum absolute atomic E-state index is 12.3. The predicted molar refractivity (Wildman–Crippen MR) is 102 cm³/mol. The highest BCUT2D eigenvalue weighted by molar-refractivity contribution is 7.92. The Labute approximate surface area is 157 Å². The molecule has 0 unspecified atom stereocenters. The van der Waals surface area contributed by atoms with E-state index in [9.17, 15) is 18.0 Å². The zero-order valence-corrected chi connectivity index (χ0v) is 15.6. The van der Waals surface area contributed by atoms with E-state index in [2.05, 4.69) is 5.32 Å². The van der Waals surface area contributed by atoms with Gasteiger partial charge in [0.05, 0.1) is 17.5 Å². The maximum Gasteiger partial charge on any atom is 0.335 e. The first-order chi connectivity index (χ1) is 12.8. The molecule has 0 atom stereocenters. The van der Waals surface area contributed by atoms with Crippen LogP contribution in [-0.2, 0) is 22.9 Å². The molecule has 0 bridgehead atoms. The first-order valence-corrected chi connectivity index (χ1v) is 10.3. The van der Waals surface area contributed by atoms with Gasteiger partial charge in [-0.2, -0.15) is 0 Å².